The Morgan fingerprint density at radius 3 is 2.65 bits per heavy atom. The lowest BCUT2D eigenvalue weighted by molar-refractivity contribution is -0.137. The zero-order valence-corrected chi connectivity index (χ0v) is 19.1. The maximum Gasteiger partial charge on any atom is 0.325 e. The number of aryl methyl sites for hydroxylation is 2. The molecule has 2 fully saturated rings. The average molecular weight is 447 g/mol. The molecule has 1 saturated carbocycles. The van der Waals surface area contributed by atoms with Crippen molar-refractivity contribution in [3.8, 4) is 0 Å². The predicted molar refractivity (Wildman–Crippen MR) is 116 cm³/mol. The number of thiophene rings is 1. The van der Waals surface area contributed by atoms with Crippen molar-refractivity contribution >= 4 is 35.1 Å². The fraction of sp³-hybridized carbons (Fsp3) is 0.636. The van der Waals surface area contributed by atoms with E-state index in [2.05, 4.69) is 36.9 Å². The molecule has 4 rings (SSSR count). The Hall–Kier alpha value is -2.42. The lowest BCUT2D eigenvalue weighted by atomic mass is 9.64. The van der Waals surface area contributed by atoms with Crippen LogP contribution in [0.25, 0.3) is 0 Å². The van der Waals surface area contributed by atoms with Gasteiger partial charge in [0, 0.05) is 4.88 Å². The molecule has 0 aromatic carbocycles. The molecule has 1 spiro atoms. The zero-order valence-electron chi connectivity index (χ0n) is 18.3. The molecule has 2 aliphatic carbocycles. The van der Waals surface area contributed by atoms with Gasteiger partial charge in [-0.3, -0.25) is 30.1 Å². The summed E-state index contributed by atoms with van der Waals surface area (Å²) in [6, 6.07) is 1.33. The highest BCUT2D eigenvalue weighted by atomic mass is 32.1. The molecular weight excluding hydrogens is 416 g/mol. The Balaban J connectivity index is 1.35. The Labute approximate surface area is 186 Å². The molecule has 168 valence electrons. The first-order valence-electron chi connectivity index (χ1n) is 10.9. The van der Waals surface area contributed by atoms with Crippen LogP contribution in [0, 0.1) is 11.3 Å². The third-order valence-electron chi connectivity index (χ3n) is 6.46. The second kappa shape index (κ2) is 7.93. The topological polar surface area (TPSA) is 108 Å². The number of urea groups is 1. The quantitative estimate of drug-likeness (QED) is 0.490. The lowest BCUT2D eigenvalue weighted by Gasteiger charge is -2.43. The number of nitrogens with one attached hydrogen (secondary N) is 3. The van der Waals surface area contributed by atoms with E-state index in [9.17, 15) is 19.2 Å². The Morgan fingerprint density at radius 2 is 1.94 bits per heavy atom. The molecule has 1 aliphatic heterocycles. The molecule has 2 heterocycles. The molecule has 8 nitrogen and oxygen atoms in total. The van der Waals surface area contributed by atoms with Crippen LogP contribution >= 0.6 is 11.3 Å². The van der Waals surface area contributed by atoms with Crippen molar-refractivity contribution in [2.24, 2.45) is 11.3 Å². The van der Waals surface area contributed by atoms with Gasteiger partial charge >= 0.3 is 6.03 Å². The van der Waals surface area contributed by atoms with Crippen molar-refractivity contribution in [3.05, 3.63) is 21.4 Å². The van der Waals surface area contributed by atoms with Crippen molar-refractivity contribution in [2.45, 2.75) is 71.3 Å². The monoisotopic (exact) mass is 446 g/mol. The summed E-state index contributed by atoms with van der Waals surface area (Å²) in [5.41, 5.74) is 4.93. The van der Waals surface area contributed by atoms with Crippen molar-refractivity contribution in [2.75, 3.05) is 6.54 Å². The molecule has 1 aromatic heterocycles. The third-order valence-corrected chi connectivity index (χ3v) is 7.70. The fourth-order valence-corrected chi connectivity index (χ4v) is 6.77. The maximum absolute atomic E-state index is 13.1. The van der Waals surface area contributed by atoms with E-state index in [1.54, 1.807) is 0 Å². The van der Waals surface area contributed by atoms with Crippen molar-refractivity contribution in [3.63, 3.8) is 0 Å². The number of fused-ring (bicyclic) bond motifs is 1. The number of carbonyl (C=O) groups excluding carboxylic acids is 4. The highest BCUT2D eigenvalue weighted by molar-refractivity contribution is 7.14. The molecular formula is C22H30N4O4S. The number of amides is 5. The number of hydrogen-bond donors (Lipinski definition) is 3. The van der Waals surface area contributed by atoms with Gasteiger partial charge in [0.2, 0.25) is 0 Å². The summed E-state index contributed by atoms with van der Waals surface area (Å²) < 4.78 is 0. The average Bonchev–Trinajstić information content (AvgIpc) is 3.20. The second-order valence-corrected chi connectivity index (χ2v) is 11.2. The van der Waals surface area contributed by atoms with Crippen LogP contribution < -0.4 is 16.2 Å². The minimum atomic E-state index is -0.947. The standard InChI is InChI=1S/C22H30N4O4S/c1-13-9-21(2,3)12-22(10-13)19(29)26(20(30)23-22)11-17(27)24-25-18(28)16-8-14-6-4-5-7-15(14)31-16/h8,13H,4-7,9-12H2,1-3H3,(H,23,30)(H,24,27)(H,25,28). The van der Waals surface area contributed by atoms with Crippen LogP contribution in [0.1, 0.15) is 73.0 Å². The molecule has 1 saturated heterocycles. The van der Waals surface area contributed by atoms with Gasteiger partial charge in [-0.2, -0.15) is 0 Å². The molecule has 0 bridgehead atoms. The molecule has 3 aliphatic rings. The van der Waals surface area contributed by atoms with Gasteiger partial charge in [0.05, 0.1) is 4.88 Å². The molecule has 5 amide bonds. The SMILES string of the molecule is CC1CC(C)(C)CC2(C1)NC(=O)N(CC(=O)NNC(=O)c1cc3c(s1)CCCC3)C2=O. The van der Waals surface area contributed by atoms with Gasteiger partial charge in [-0.1, -0.05) is 20.8 Å². The van der Waals surface area contributed by atoms with E-state index in [0.717, 1.165) is 37.0 Å². The Morgan fingerprint density at radius 1 is 1.19 bits per heavy atom. The van der Waals surface area contributed by atoms with E-state index in [1.807, 2.05) is 6.07 Å². The normalized spacial score (nSPS) is 27.1. The van der Waals surface area contributed by atoms with E-state index >= 15 is 0 Å². The summed E-state index contributed by atoms with van der Waals surface area (Å²) in [6.45, 7) is 5.84. The van der Waals surface area contributed by atoms with Gasteiger partial charge in [0.1, 0.15) is 12.1 Å². The lowest BCUT2D eigenvalue weighted by Crippen LogP contribution is -2.54. The van der Waals surface area contributed by atoms with Gasteiger partial charge < -0.3 is 5.32 Å². The summed E-state index contributed by atoms with van der Waals surface area (Å²) in [7, 11) is 0. The number of nitrogens with zero attached hydrogens (tertiary/aromatic N) is 1. The summed E-state index contributed by atoms with van der Waals surface area (Å²) >= 11 is 1.45. The molecule has 0 radical (unpaired) electrons. The van der Waals surface area contributed by atoms with E-state index in [4.69, 9.17) is 0 Å². The van der Waals surface area contributed by atoms with Crippen LogP contribution in [0.15, 0.2) is 6.07 Å². The van der Waals surface area contributed by atoms with E-state index in [0.29, 0.717) is 17.7 Å². The van der Waals surface area contributed by atoms with Crippen molar-refractivity contribution < 1.29 is 19.2 Å². The number of hydrazine groups is 1. The molecule has 31 heavy (non-hydrogen) atoms. The maximum atomic E-state index is 13.1. The van der Waals surface area contributed by atoms with Gasteiger partial charge in [-0.15, -0.1) is 11.3 Å². The molecule has 9 heteroatoms. The van der Waals surface area contributed by atoms with Gasteiger partial charge in [-0.05, 0) is 67.9 Å². The largest absolute Gasteiger partial charge is 0.325 e. The summed E-state index contributed by atoms with van der Waals surface area (Å²) in [4.78, 5) is 53.2. The second-order valence-electron chi connectivity index (χ2n) is 10.0. The highest BCUT2D eigenvalue weighted by Gasteiger charge is 2.56. The predicted octanol–water partition coefficient (Wildman–Crippen LogP) is 2.52. The first-order chi connectivity index (χ1) is 14.6. The smallest absolute Gasteiger partial charge is 0.323 e. The van der Waals surface area contributed by atoms with Crippen LogP contribution in [-0.2, 0) is 22.4 Å². The fourth-order valence-electron chi connectivity index (χ4n) is 5.62. The minimum Gasteiger partial charge on any atom is -0.323 e. The van der Waals surface area contributed by atoms with Gasteiger partial charge in [0.25, 0.3) is 17.7 Å². The van der Waals surface area contributed by atoms with Crippen molar-refractivity contribution in [1.29, 1.82) is 0 Å². The molecule has 1 aromatic rings. The van der Waals surface area contributed by atoms with Crippen LogP contribution in [0.2, 0.25) is 0 Å². The zero-order chi connectivity index (χ0) is 22.4. The summed E-state index contributed by atoms with van der Waals surface area (Å²) in [6.07, 6.45) is 6.33. The van der Waals surface area contributed by atoms with Gasteiger partial charge in [-0.25, -0.2) is 4.79 Å². The first kappa shape index (κ1) is 21.8. The number of imide groups is 1. The van der Waals surface area contributed by atoms with E-state index in [1.165, 1.54) is 21.8 Å². The third kappa shape index (κ3) is 4.33. The van der Waals surface area contributed by atoms with E-state index < -0.39 is 24.0 Å². The van der Waals surface area contributed by atoms with Gasteiger partial charge in [0.15, 0.2) is 0 Å². The van der Waals surface area contributed by atoms with Crippen LogP contribution in [-0.4, -0.2) is 40.7 Å². The van der Waals surface area contributed by atoms with Crippen LogP contribution in [0.5, 0.6) is 0 Å². The van der Waals surface area contributed by atoms with Crippen LogP contribution in [0.3, 0.4) is 0 Å². The first-order valence-corrected chi connectivity index (χ1v) is 11.8. The summed E-state index contributed by atoms with van der Waals surface area (Å²) in [5.74, 6) is -1.06. The highest BCUT2D eigenvalue weighted by Crippen LogP contribution is 2.46. The minimum absolute atomic E-state index is 0.0767. The number of hydrogen-bond acceptors (Lipinski definition) is 5. The Kier molecular flexibility index (Phi) is 5.57. The van der Waals surface area contributed by atoms with Crippen LogP contribution in [0.4, 0.5) is 4.79 Å². The Bertz CT molecular complexity index is 916. The molecule has 3 N–H and O–H groups in total. The summed E-state index contributed by atoms with van der Waals surface area (Å²) in [5, 5.41) is 2.85. The molecule has 2 atom stereocenters. The molecule has 2 unspecified atom stereocenters. The van der Waals surface area contributed by atoms with Crippen molar-refractivity contribution in [1.82, 2.24) is 21.1 Å². The van der Waals surface area contributed by atoms with E-state index in [-0.39, 0.29) is 23.1 Å². The number of carbonyl (C=O) groups is 4. The number of rotatable bonds is 3.